The summed E-state index contributed by atoms with van der Waals surface area (Å²) in [5.74, 6) is -0.489. The van der Waals surface area contributed by atoms with Crippen LogP contribution in [0.1, 0.15) is 11.1 Å². The van der Waals surface area contributed by atoms with E-state index in [-0.39, 0.29) is 12.0 Å². The lowest BCUT2D eigenvalue weighted by molar-refractivity contribution is -0.394. The topological polar surface area (TPSA) is 115 Å². The van der Waals surface area contributed by atoms with Gasteiger partial charge in [0.2, 0.25) is 5.91 Å². The van der Waals surface area contributed by atoms with Crippen LogP contribution in [0.2, 0.25) is 5.02 Å². The highest BCUT2D eigenvalue weighted by Crippen LogP contribution is 2.26. The molecule has 24 heavy (non-hydrogen) atoms. The number of nitrogens with one attached hydrogen (secondary N) is 1. The molecule has 9 heteroatoms. The summed E-state index contributed by atoms with van der Waals surface area (Å²) in [6.45, 7) is 1.78. The number of halogens is 1. The molecule has 0 bridgehead atoms. The Balaban J connectivity index is 2.24. The normalized spacial score (nSPS) is 10.2. The Morgan fingerprint density at radius 2 is 1.83 bits per heavy atom. The van der Waals surface area contributed by atoms with Crippen LogP contribution in [0.15, 0.2) is 36.4 Å². The molecular weight excluding hydrogens is 338 g/mol. The lowest BCUT2D eigenvalue weighted by Crippen LogP contribution is -2.16. The maximum absolute atomic E-state index is 12.1. The predicted octanol–water partition coefficient (Wildman–Crippen LogP) is 3.65. The minimum absolute atomic E-state index is 0.0859. The molecule has 0 spiro atoms. The summed E-state index contributed by atoms with van der Waals surface area (Å²) in [6, 6.07) is 8.15. The Labute approximate surface area is 141 Å². The summed E-state index contributed by atoms with van der Waals surface area (Å²) >= 11 is 5.87. The number of nitro benzene ring substituents is 2. The standard InChI is InChI=1S/C15H12ClN3O5/c1-9-2-4-11(16)7-13(9)17-15(20)6-10-3-5-12(18(21)22)8-14(10)19(23)24/h2-5,7-8H,6H2,1H3,(H,17,20). The highest BCUT2D eigenvalue weighted by molar-refractivity contribution is 6.31. The van der Waals surface area contributed by atoms with Crippen LogP contribution in [-0.4, -0.2) is 15.8 Å². The fourth-order valence-electron chi connectivity index (χ4n) is 2.08. The van der Waals surface area contributed by atoms with Crippen LogP contribution in [0.3, 0.4) is 0 Å². The van der Waals surface area contributed by atoms with Crippen molar-refractivity contribution < 1.29 is 14.6 Å². The van der Waals surface area contributed by atoms with Crippen molar-refractivity contribution >= 4 is 34.6 Å². The second kappa shape index (κ2) is 7.05. The maximum Gasteiger partial charge on any atom is 0.279 e. The van der Waals surface area contributed by atoms with Crippen molar-refractivity contribution in [3.05, 3.63) is 72.8 Å². The maximum atomic E-state index is 12.1. The van der Waals surface area contributed by atoms with Gasteiger partial charge in [-0.15, -0.1) is 0 Å². The average molecular weight is 350 g/mol. The van der Waals surface area contributed by atoms with Gasteiger partial charge in [-0.25, -0.2) is 0 Å². The number of benzene rings is 2. The van der Waals surface area contributed by atoms with E-state index in [9.17, 15) is 25.0 Å². The average Bonchev–Trinajstić information content (AvgIpc) is 2.50. The number of hydrogen-bond donors (Lipinski definition) is 1. The van der Waals surface area contributed by atoms with E-state index in [2.05, 4.69) is 5.32 Å². The van der Waals surface area contributed by atoms with E-state index in [1.807, 2.05) is 0 Å². The van der Waals surface area contributed by atoms with E-state index in [1.165, 1.54) is 6.07 Å². The monoisotopic (exact) mass is 349 g/mol. The van der Waals surface area contributed by atoms with Crippen LogP contribution < -0.4 is 5.32 Å². The van der Waals surface area contributed by atoms with Crippen LogP contribution in [0, 0.1) is 27.2 Å². The molecule has 0 atom stereocenters. The Morgan fingerprint density at radius 1 is 1.12 bits per heavy atom. The molecule has 0 saturated carbocycles. The molecule has 2 rings (SSSR count). The van der Waals surface area contributed by atoms with Gasteiger partial charge >= 0.3 is 0 Å². The highest BCUT2D eigenvalue weighted by Gasteiger charge is 2.21. The first kappa shape index (κ1) is 17.4. The first-order chi connectivity index (χ1) is 11.3. The second-order valence-corrected chi connectivity index (χ2v) is 5.45. The molecule has 124 valence electrons. The summed E-state index contributed by atoms with van der Waals surface area (Å²) in [5, 5.41) is 24.8. The molecule has 8 nitrogen and oxygen atoms in total. The minimum Gasteiger partial charge on any atom is -0.326 e. The molecule has 0 radical (unpaired) electrons. The molecule has 0 unspecified atom stereocenters. The van der Waals surface area contributed by atoms with Crippen molar-refractivity contribution in [1.82, 2.24) is 0 Å². The van der Waals surface area contributed by atoms with E-state index in [1.54, 1.807) is 25.1 Å². The Kier molecular flexibility index (Phi) is 5.10. The van der Waals surface area contributed by atoms with E-state index < -0.39 is 27.1 Å². The predicted molar refractivity (Wildman–Crippen MR) is 88.3 cm³/mol. The summed E-state index contributed by atoms with van der Waals surface area (Å²) in [7, 11) is 0. The number of anilines is 1. The quantitative estimate of drug-likeness (QED) is 0.653. The number of nitro groups is 2. The molecule has 0 aliphatic rings. The third kappa shape index (κ3) is 4.05. The number of hydrogen-bond acceptors (Lipinski definition) is 5. The summed E-state index contributed by atoms with van der Waals surface area (Å²) in [6.07, 6.45) is -0.291. The van der Waals surface area contributed by atoms with E-state index in [0.717, 1.165) is 17.7 Å². The first-order valence-electron chi connectivity index (χ1n) is 6.75. The van der Waals surface area contributed by atoms with Crippen LogP contribution in [0.25, 0.3) is 0 Å². The number of aryl methyl sites for hydroxylation is 1. The molecule has 1 N–H and O–H groups in total. The third-order valence-corrected chi connectivity index (χ3v) is 3.54. The number of amides is 1. The van der Waals surface area contributed by atoms with Crippen molar-refractivity contribution in [2.24, 2.45) is 0 Å². The van der Waals surface area contributed by atoms with E-state index >= 15 is 0 Å². The Bertz CT molecular complexity index is 838. The fraction of sp³-hybridized carbons (Fsp3) is 0.133. The van der Waals surface area contributed by atoms with Gasteiger partial charge in [0.25, 0.3) is 11.4 Å². The molecule has 0 heterocycles. The zero-order valence-electron chi connectivity index (χ0n) is 12.5. The Hall–Kier alpha value is -3.00. The zero-order valence-corrected chi connectivity index (χ0v) is 13.2. The van der Waals surface area contributed by atoms with Crippen LogP contribution >= 0.6 is 11.6 Å². The highest BCUT2D eigenvalue weighted by atomic mass is 35.5. The lowest BCUT2D eigenvalue weighted by atomic mass is 10.1. The molecule has 0 aliphatic carbocycles. The number of non-ortho nitro benzene ring substituents is 1. The molecule has 0 fully saturated rings. The van der Waals surface area contributed by atoms with Gasteiger partial charge in [-0.2, -0.15) is 0 Å². The zero-order chi connectivity index (χ0) is 17.9. The molecular formula is C15H12ClN3O5. The fourth-order valence-corrected chi connectivity index (χ4v) is 2.25. The van der Waals surface area contributed by atoms with Gasteiger partial charge in [0, 0.05) is 22.3 Å². The van der Waals surface area contributed by atoms with Gasteiger partial charge in [-0.3, -0.25) is 25.0 Å². The van der Waals surface area contributed by atoms with Crippen molar-refractivity contribution in [2.45, 2.75) is 13.3 Å². The van der Waals surface area contributed by atoms with E-state index in [4.69, 9.17) is 11.6 Å². The molecule has 2 aromatic rings. The third-order valence-electron chi connectivity index (χ3n) is 3.30. The van der Waals surface area contributed by atoms with Gasteiger partial charge in [-0.05, 0) is 30.7 Å². The largest absolute Gasteiger partial charge is 0.326 e. The van der Waals surface area contributed by atoms with Crippen molar-refractivity contribution in [3.63, 3.8) is 0 Å². The first-order valence-corrected chi connectivity index (χ1v) is 7.13. The number of nitrogens with zero attached hydrogens (tertiary/aromatic N) is 2. The summed E-state index contributed by atoms with van der Waals surface area (Å²) < 4.78 is 0. The number of rotatable bonds is 5. The van der Waals surface area contributed by atoms with Crippen LogP contribution in [-0.2, 0) is 11.2 Å². The van der Waals surface area contributed by atoms with Crippen molar-refractivity contribution in [2.75, 3.05) is 5.32 Å². The van der Waals surface area contributed by atoms with Crippen molar-refractivity contribution in [1.29, 1.82) is 0 Å². The number of carbonyl (C=O) groups excluding carboxylic acids is 1. The van der Waals surface area contributed by atoms with Gasteiger partial charge in [0.1, 0.15) is 0 Å². The van der Waals surface area contributed by atoms with Gasteiger partial charge in [-0.1, -0.05) is 17.7 Å². The lowest BCUT2D eigenvalue weighted by Gasteiger charge is -2.09. The number of carbonyl (C=O) groups is 1. The van der Waals surface area contributed by atoms with Gasteiger partial charge < -0.3 is 5.32 Å². The van der Waals surface area contributed by atoms with Crippen molar-refractivity contribution in [3.8, 4) is 0 Å². The van der Waals surface area contributed by atoms with Crippen LogP contribution in [0.4, 0.5) is 17.1 Å². The van der Waals surface area contributed by atoms with Gasteiger partial charge in [0.05, 0.1) is 22.3 Å². The Morgan fingerprint density at radius 3 is 2.46 bits per heavy atom. The minimum atomic E-state index is -0.750. The second-order valence-electron chi connectivity index (χ2n) is 5.01. The molecule has 0 aliphatic heterocycles. The summed E-state index contributed by atoms with van der Waals surface area (Å²) in [4.78, 5) is 32.4. The smallest absolute Gasteiger partial charge is 0.279 e. The molecule has 0 aromatic heterocycles. The van der Waals surface area contributed by atoms with E-state index in [0.29, 0.717) is 10.7 Å². The SMILES string of the molecule is Cc1ccc(Cl)cc1NC(=O)Cc1ccc([N+](=O)[O-])cc1[N+](=O)[O-]. The van der Waals surface area contributed by atoms with Crippen LogP contribution in [0.5, 0.6) is 0 Å². The summed E-state index contributed by atoms with van der Waals surface area (Å²) in [5.41, 5.74) is 0.490. The molecule has 0 saturated heterocycles. The molecule has 1 amide bonds. The van der Waals surface area contributed by atoms with Gasteiger partial charge in [0.15, 0.2) is 0 Å². The molecule has 2 aromatic carbocycles.